The van der Waals surface area contributed by atoms with Gasteiger partial charge in [0, 0.05) is 16.9 Å². The molecule has 75 heavy (non-hydrogen) atoms. The summed E-state index contributed by atoms with van der Waals surface area (Å²) in [6, 6.07) is 98.5. The van der Waals surface area contributed by atoms with Crippen LogP contribution >= 0.6 is 0 Å². The molecule has 354 valence electrons. The van der Waals surface area contributed by atoms with E-state index in [-0.39, 0.29) is 0 Å². The van der Waals surface area contributed by atoms with E-state index in [4.69, 9.17) is 0 Å². The highest BCUT2D eigenvalue weighted by molar-refractivity contribution is 6.02. The second kappa shape index (κ2) is 16.7. The Kier molecular flexibility index (Phi) is 9.72. The van der Waals surface area contributed by atoms with Gasteiger partial charge in [-0.3, -0.25) is 0 Å². The third-order valence-electron chi connectivity index (χ3n) is 17.4. The molecule has 1 heteroatoms. The van der Waals surface area contributed by atoms with Crippen LogP contribution in [0.15, 0.2) is 261 Å². The summed E-state index contributed by atoms with van der Waals surface area (Å²) >= 11 is 0. The number of anilines is 3. The second-order valence-corrected chi connectivity index (χ2v) is 21.0. The molecule has 0 N–H and O–H groups in total. The van der Waals surface area contributed by atoms with Gasteiger partial charge < -0.3 is 4.90 Å². The van der Waals surface area contributed by atoms with Crippen LogP contribution < -0.4 is 4.90 Å². The average Bonchev–Trinajstić information content (AvgIpc) is 4.13. The van der Waals surface area contributed by atoms with Crippen LogP contribution in [0, 0.1) is 13.8 Å². The van der Waals surface area contributed by atoms with Crippen LogP contribution in [0.5, 0.6) is 0 Å². The van der Waals surface area contributed by atoms with Crippen molar-refractivity contribution in [1.29, 1.82) is 0 Å². The third-order valence-corrected chi connectivity index (χ3v) is 17.4. The second-order valence-electron chi connectivity index (χ2n) is 21.0. The predicted molar refractivity (Wildman–Crippen MR) is 313 cm³/mol. The number of rotatable bonds is 6. The molecule has 0 saturated carbocycles. The van der Waals surface area contributed by atoms with E-state index in [1.165, 1.54) is 122 Å². The van der Waals surface area contributed by atoms with Crippen molar-refractivity contribution in [2.75, 3.05) is 4.90 Å². The van der Waals surface area contributed by atoms with E-state index in [0.717, 1.165) is 29.9 Å². The van der Waals surface area contributed by atoms with E-state index in [1.54, 1.807) is 0 Å². The Morgan fingerprint density at radius 2 is 0.720 bits per heavy atom. The smallest absolute Gasteiger partial charge is 0.0719 e. The fraction of sp³-hybridized carbons (Fsp3) is 0.0811. The Morgan fingerprint density at radius 1 is 0.307 bits per heavy atom. The van der Waals surface area contributed by atoms with Crippen molar-refractivity contribution in [3.63, 3.8) is 0 Å². The van der Waals surface area contributed by atoms with Crippen molar-refractivity contribution < 1.29 is 0 Å². The summed E-state index contributed by atoms with van der Waals surface area (Å²) in [6.45, 7) is 4.63. The molecule has 3 aliphatic carbocycles. The van der Waals surface area contributed by atoms with Crippen LogP contribution in [0.1, 0.15) is 66.8 Å². The molecule has 0 fully saturated rings. The van der Waals surface area contributed by atoms with Gasteiger partial charge in [0.25, 0.3) is 0 Å². The van der Waals surface area contributed by atoms with Crippen LogP contribution in [0.4, 0.5) is 17.1 Å². The summed E-state index contributed by atoms with van der Waals surface area (Å²) < 4.78 is 0. The Bertz CT molecular complexity index is 4110. The summed E-state index contributed by atoms with van der Waals surface area (Å²) in [6.07, 6.45) is 1.95. The maximum Gasteiger partial charge on any atom is 0.0719 e. The maximum absolute atomic E-state index is 2.56. The zero-order valence-corrected chi connectivity index (χ0v) is 42.2. The summed E-state index contributed by atoms with van der Waals surface area (Å²) in [4.78, 5) is 2.48. The molecule has 0 aliphatic heterocycles. The average molecular weight is 956 g/mol. The topological polar surface area (TPSA) is 3.24 Å². The first-order chi connectivity index (χ1) is 37.1. The standard InChI is InChI=1S/C74H53N/c1-48-46-68-60(58-30-14-12-28-55(48)58)44-45-61-59-31-15-13-29-56(59)49(2)47-69(61)74(68)65-36-19-16-32-62(65)71-57(34-20-37-66(71)74)50-40-42-54(43-41-50)75(53-26-10-5-11-27-53)70-39-21-38-67-72(70)63-33-17-18-35-64(63)73(67,51-22-6-3-7-23-51)52-24-8-4-9-25-52/h3-43,46-47H,44-45H2,1-2H3. The molecule has 0 saturated heterocycles. The number of benzene rings is 12. The summed E-state index contributed by atoms with van der Waals surface area (Å²) in [5.41, 5.74) is 26.2. The number of hydrogen-bond acceptors (Lipinski definition) is 1. The number of nitrogens with zero attached hydrogens (tertiary/aromatic N) is 1. The lowest BCUT2D eigenvalue weighted by molar-refractivity contribution is 0.763. The number of para-hydroxylation sites is 1. The molecule has 0 amide bonds. The quantitative estimate of drug-likeness (QED) is 0.161. The van der Waals surface area contributed by atoms with Gasteiger partial charge in [0.1, 0.15) is 0 Å². The van der Waals surface area contributed by atoms with E-state index >= 15 is 0 Å². The molecule has 0 aromatic heterocycles. The number of aryl methyl sites for hydroxylation is 4. The van der Waals surface area contributed by atoms with Gasteiger partial charge in [0.15, 0.2) is 0 Å². The molecular weight excluding hydrogens is 903 g/mol. The van der Waals surface area contributed by atoms with E-state index in [0.29, 0.717) is 0 Å². The van der Waals surface area contributed by atoms with Crippen LogP contribution in [0.25, 0.3) is 54.9 Å². The van der Waals surface area contributed by atoms with Crippen LogP contribution in [0.3, 0.4) is 0 Å². The van der Waals surface area contributed by atoms with Gasteiger partial charge in [-0.05, 0) is 173 Å². The van der Waals surface area contributed by atoms with Gasteiger partial charge in [-0.25, -0.2) is 0 Å². The molecule has 0 atom stereocenters. The van der Waals surface area contributed by atoms with Gasteiger partial charge in [-0.15, -0.1) is 0 Å². The third kappa shape index (κ3) is 6.07. The molecule has 1 spiro atoms. The molecule has 0 bridgehead atoms. The van der Waals surface area contributed by atoms with E-state index in [1.807, 2.05) is 0 Å². The zero-order chi connectivity index (χ0) is 49.8. The molecule has 15 rings (SSSR count). The van der Waals surface area contributed by atoms with Crippen LogP contribution in [-0.2, 0) is 23.7 Å². The van der Waals surface area contributed by atoms with Gasteiger partial charge in [0.05, 0.1) is 16.5 Å². The van der Waals surface area contributed by atoms with Crippen molar-refractivity contribution in [3.05, 3.63) is 328 Å². The lowest BCUT2D eigenvalue weighted by Gasteiger charge is -2.37. The first kappa shape index (κ1) is 43.5. The molecule has 12 aromatic carbocycles. The Morgan fingerprint density at radius 3 is 1.29 bits per heavy atom. The monoisotopic (exact) mass is 955 g/mol. The fourth-order valence-corrected chi connectivity index (χ4v) is 14.4. The van der Waals surface area contributed by atoms with Crippen molar-refractivity contribution in [2.45, 2.75) is 37.5 Å². The molecule has 0 heterocycles. The summed E-state index contributed by atoms with van der Waals surface area (Å²) in [7, 11) is 0. The molecule has 1 nitrogen and oxygen atoms in total. The predicted octanol–water partition coefficient (Wildman–Crippen LogP) is 18.6. The highest BCUT2D eigenvalue weighted by atomic mass is 15.1. The summed E-state index contributed by atoms with van der Waals surface area (Å²) in [5, 5.41) is 5.44. The zero-order valence-electron chi connectivity index (χ0n) is 42.2. The Balaban J connectivity index is 0.947. The van der Waals surface area contributed by atoms with Crippen molar-refractivity contribution in [3.8, 4) is 33.4 Å². The normalized spacial score (nSPS) is 14.1. The lowest BCUT2D eigenvalue weighted by Crippen LogP contribution is -2.30. The molecule has 12 aromatic rings. The van der Waals surface area contributed by atoms with Gasteiger partial charge >= 0.3 is 0 Å². The summed E-state index contributed by atoms with van der Waals surface area (Å²) in [5.74, 6) is 0. The Labute approximate surface area is 439 Å². The number of fused-ring (bicyclic) bond motifs is 16. The molecule has 0 unspecified atom stereocenters. The Hall–Kier alpha value is -9.04. The van der Waals surface area contributed by atoms with Crippen molar-refractivity contribution in [1.82, 2.24) is 0 Å². The van der Waals surface area contributed by atoms with Crippen LogP contribution in [-0.4, -0.2) is 0 Å². The van der Waals surface area contributed by atoms with E-state index in [9.17, 15) is 0 Å². The molecule has 3 aliphatic rings. The fourth-order valence-electron chi connectivity index (χ4n) is 14.4. The minimum Gasteiger partial charge on any atom is -0.310 e. The maximum atomic E-state index is 2.56. The van der Waals surface area contributed by atoms with E-state index < -0.39 is 10.8 Å². The van der Waals surface area contributed by atoms with Gasteiger partial charge in [-0.1, -0.05) is 231 Å². The highest BCUT2D eigenvalue weighted by Crippen LogP contribution is 2.63. The minimum atomic E-state index is -0.532. The van der Waals surface area contributed by atoms with Gasteiger partial charge in [-0.2, -0.15) is 0 Å². The first-order valence-electron chi connectivity index (χ1n) is 26.6. The molecular formula is C74H53N. The SMILES string of the molecule is Cc1cc2c(c3ccccc13)CCc1c(cc(C)c3ccccc13)C21c2ccccc2-c2c(-c3ccc(N(c4ccccc4)c4cccc5c4-c4ccccc4C5(c4ccccc4)c4ccccc4)cc3)cccc21. The molecule has 0 radical (unpaired) electrons. The number of hydrogen-bond donors (Lipinski definition) is 0. The van der Waals surface area contributed by atoms with E-state index in [2.05, 4.69) is 280 Å². The van der Waals surface area contributed by atoms with Crippen molar-refractivity contribution >= 4 is 38.6 Å². The first-order valence-corrected chi connectivity index (χ1v) is 26.6. The van der Waals surface area contributed by atoms with Crippen molar-refractivity contribution in [2.24, 2.45) is 0 Å². The highest BCUT2D eigenvalue weighted by Gasteiger charge is 2.51. The largest absolute Gasteiger partial charge is 0.310 e. The van der Waals surface area contributed by atoms with Gasteiger partial charge in [0.2, 0.25) is 0 Å². The minimum absolute atomic E-state index is 0.506. The van der Waals surface area contributed by atoms with Crippen LogP contribution in [0.2, 0.25) is 0 Å². The lowest BCUT2D eigenvalue weighted by atomic mass is 9.64.